The predicted molar refractivity (Wildman–Crippen MR) is 95.3 cm³/mol. The molecule has 3 aliphatic rings. The molecular weight excluding hydrogens is 350 g/mol. The number of ether oxygens (including phenoxy) is 3. The molecule has 0 spiro atoms. The highest BCUT2D eigenvalue weighted by molar-refractivity contribution is 5.98. The summed E-state index contributed by atoms with van der Waals surface area (Å²) in [6.07, 6.45) is 3.86. The van der Waals surface area contributed by atoms with Crippen LogP contribution in [0.2, 0.25) is 0 Å². The summed E-state index contributed by atoms with van der Waals surface area (Å²) in [5.41, 5.74) is 2.05. The van der Waals surface area contributed by atoms with Crippen molar-refractivity contribution in [2.45, 2.75) is 50.9 Å². The molecule has 1 aromatic heterocycles. The Kier molecular flexibility index (Phi) is 5.27. The number of fused-ring (bicyclic) bond motifs is 1. The molecule has 0 bridgehead atoms. The van der Waals surface area contributed by atoms with Gasteiger partial charge in [0.1, 0.15) is 0 Å². The third-order valence-electron chi connectivity index (χ3n) is 5.47. The molecule has 8 heteroatoms. The van der Waals surface area contributed by atoms with Gasteiger partial charge in [-0.1, -0.05) is 12.8 Å². The standard InChI is InChI=1S/C19H25N3O5/c1-25-18-12(9-20-17(23)16-11-26-6-7-27-16)8-14-15(21-18)10-22(19(14)24)13-4-2-3-5-13/h8,13,16H,2-7,9-11H2,1H3,(H,20,23)/t16-/m1/s1. The lowest BCUT2D eigenvalue weighted by Crippen LogP contribution is -2.42. The lowest BCUT2D eigenvalue weighted by molar-refractivity contribution is -0.147. The second kappa shape index (κ2) is 7.82. The molecule has 1 aromatic rings. The number of hydrogen-bond donors (Lipinski definition) is 1. The molecule has 1 saturated heterocycles. The van der Waals surface area contributed by atoms with Gasteiger partial charge in [-0.3, -0.25) is 9.59 Å². The van der Waals surface area contributed by atoms with E-state index < -0.39 is 6.10 Å². The SMILES string of the molecule is COc1nc2c(cc1CNC(=O)[C@H]1COCCO1)C(=O)N(C1CCCC1)C2. The van der Waals surface area contributed by atoms with Crippen LogP contribution in [0.15, 0.2) is 6.07 Å². The average Bonchev–Trinajstić information content (AvgIpc) is 3.34. The summed E-state index contributed by atoms with van der Waals surface area (Å²) in [5.74, 6) is 0.232. The van der Waals surface area contributed by atoms with Crippen molar-refractivity contribution in [3.05, 3.63) is 22.9 Å². The number of methoxy groups -OCH3 is 1. The minimum absolute atomic E-state index is 0.0312. The number of carbonyl (C=O) groups excluding carboxylic acids is 2. The Morgan fingerprint density at radius 1 is 1.37 bits per heavy atom. The molecule has 1 saturated carbocycles. The molecular formula is C19H25N3O5. The number of rotatable bonds is 5. The monoisotopic (exact) mass is 375 g/mol. The van der Waals surface area contributed by atoms with Crippen LogP contribution in [0.4, 0.5) is 0 Å². The molecule has 2 fully saturated rings. The third-order valence-corrected chi connectivity index (χ3v) is 5.47. The largest absolute Gasteiger partial charge is 0.481 e. The number of aromatic nitrogens is 1. The molecule has 1 atom stereocenters. The van der Waals surface area contributed by atoms with Crippen molar-refractivity contribution in [2.75, 3.05) is 26.9 Å². The Labute approximate surface area is 158 Å². The molecule has 3 heterocycles. The van der Waals surface area contributed by atoms with Gasteiger partial charge in [0.25, 0.3) is 11.8 Å². The second-order valence-electron chi connectivity index (χ2n) is 7.17. The van der Waals surface area contributed by atoms with Crippen LogP contribution in [0.3, 0.4) is 0 Å². The molecule has 4 rings (SSSR count). The van der Waals surface area contributed by atoms with Gasteiger partial charge in [-0.05, 0) is 18.9 Å². The van der Waals surface area contributed by atoms with Crippen molar-refractivity contribution < 1.29 is 23.8 Å². The van der Waals surface area contributed by atoms with E-state index in [0.717, 1.165) is 18.5 Å². The summed E-state index contributed by atoms with van der Waals surface area (Å²) < 4.78 is 16.1. The normalized spacial score (nSPS) is 22.8. The average molecular weight is 375 g/mol. The fourth-order valence-corrected chi connectivity index (χ4v) is 4.02. The highest BCUT2D eigenvalue weighted by Crippen LogP contribution is 2.33. The van der Waals surface area contributed by atoms with Crippen molar-refractivity contribution in [2.24, 2.45) is 0 Å². The number of hydrogen-bond acceptors (Lipinski definition) is 6. The van der Waals surface area contributed by atoms with Gasteiger partial charge in [-0.15, -0.1) is 0 Å². The maximum absolute atomic E-state index is 12.8. The fraction of sp³-hybridized carbons (Fsp3) is 0.632. The van der Waals surface area contributed by atoms with Crippen molar-refractivity contribution >= 4 is 11.8 Å². The highest BCUT2D eigenvalue weighted by Gasteiger charge is 2.36. The zero-order valence-corrected chi connectivity index (χ0v) is 15.5. The predicted octanol–water partition coefficient (Wildman–Crippen LogP) is 1.02. The van der Waals surface area contributed by atoms with E-state index in [1.54, 1.807) is 13.2 Å². The number of nitrogens with zero attached hydrogens (tertiary/aromatic N) is 2. The van der Waals surface area contributed by atoms with E-state index in [4.69, 9.17) is 14.2 Å². The first-order chi connectivity index (χ1) is 13.2. The van der Waals surface area contributed by atoms with Crippen LogP contribution in [0, 0.1) is 0 Å². The molecule has 2 aliphatic heterocycles. The summed E-state index contributed by atoms with van der Waals surface area (Å²) in [7, 11) is 1.55. The quantitative estimate of drug-likeness (QED) is 0.826. The van der Waals surface area contributed by atoms with E-state index in [2.05, 4.69) is 10.3 Å². The zero-order chi connectivity index (χ0) is 18.8. The Morgan fingerprint density at radius 2 is 2.19 bits per heavy atom. The molecule has 27 heavy (non-hydrogen) atoms. The van der Waals surface area contributed by atoms with Crippen LogP contribution in [0.1, 0.15) is 47.3 Å². The molecule has 1 N–H and O–H groups in total. The molecule has 0 aromatic carbocycles. The minimum Gasteiger partial charge on any atom is -0.481 e. The van der Waals surface area contributed by atoms with Crippen LogP contribution >= 0.6 is 0 Å². The summed E-state index contributed by atoms with van der Waals surface area (Å²) in [6.45, 7) is 1.92. The maximum atomic E-state index is 12.8. The van der Waals surface area contributed by atoms with E-state index in [9.17, 15) is 9.59 Å². The van der Waals surface area contributed by atoms with Gasteiger partial charge in [0.2, 0.25) is 5.88 Å². The van der Waals surface area contributed by atoms with Crippen LogP contribution in [0.5, 0.6) is 5.88 Å². The van der Waals surface area contributed by atoms with E-state index >= 15 is 0 Å². The van der Waals surface area contributed by atoms with Gasteiger partial charge in [-0.2, -0.15) is 0 Å². The van der Waals surface area contributed by atoms with Crippen LogP contribution in [-0.2, 0) is 27.4 Å². The van der Waals surface area contributed by atoms with Gasteiger partial charge in [-0.25, -0.2) is 4.98 Å². The van der Waals surface area contributed by atoms with Crippen molar-refractivity contribution in [3.63, 3.8) is 0 Å². The molecule has 0 radical (unpaired) electrons. The first-order valence-corrected chi connectivity index (χ1v) is 9.52. The van der Waals surface area contributed by atoms with Crippen molar-refractivity contribution in [1.82, 2.24) is 15.2 Å². The van der Waals surface area contributed by atoms with E-state index in [-0.39, 0.29) is 25.0 Å². The highest BCUT2D eigenvalue weighted by atomic mass is 16.6. The lowest BCUT2D eigenvalue weighted by atomic mass is 10.1. The van der Waals surface area contributed by atoms with E-state index in [0.29, 0.717) is 42.8 Å². The second-order valence-corrected chi connectivity index (χ2v) is 7.17. The van der Waals surface area contributed by atoms with Gasteiger partial charge in [0.05, 0.1) is 44.7 Å². The Morgan fingerprint density at radius 3 is 2.89 bits per heavy atom. The minimum atomic E-state index is -0.605. The molecule has 0 unspecified atom stereocenters. The topological polar surface area (TPSA) is 90.0 Å². The molecule has 146 valence electrons. The van der Waals surface area contributed by atoms with E-state index in [1.165, 1.54) is 12.8 Å². The summed E-state index contributed by atoms with van der Waals surface area (Å²) in [6, 6.07) is 2.11. The number of nitrogens with one attached hydrogen (secondary N) is 1. The lowest BCUT2D eigenvalue weighted by Gasteiger charge is -2.22. The summed E-state index contributed by atoms with van der Waals surface area (Å²) in [4.78, 5) is 31.6. The number of carbonyl (C=O) groups is 2. The first-order valence-electron chi connectivity index (χ1n) is 9.52. The summed E-state index contributed by atoms with van der Waals surface area (Å²) in [5, 5.41) is 2.83. The Balaban J connectivity index is 1.47. The fourth-order valence-electron chi connectivity index (χ4n) is 4.02. The zero-order valence-electron chi connectivity index (χ0n) is 15.5. The van der Waals surface area contributed by atoms with E-state index in [1.807, 2.05) is 4.90 Å². The maximum Gasteiger partial charge on any atom is 0.256 e. The van der Waals surface area contributed by atoms with Crippen LogP contribution in [0.25, 0.3) is 0 Å². The molecule has 2 amide bonds. The van der Waals surface area contributed by atoms with Crippen LogP contribution < -0.4 is 10.1 Å². The van der Waals surface area contributed by atoms with Crippen molar-refractivity contribution in [3.8, 4) is 5.88 Å². The molecule has 8 nitrogen and oxygen atoms in total. The van der Waals surface area contributed by atoms with Gasteiger partial charge < -0.3 is 24.4 Å². The van der Waals surface area contributed by atoms with Crippen molar-refractivity contribution in [1.29, 1.82) is 0 Å². The van der Waals surface area contributed by atoms with Gasteiger partial charge in [0.15, 0.2) is 6.10 Å². The number of pyridine rings is 1. The molecule has 1 aliphatic carbocycles. The number of amides is 2. The first kappa shape index (κ1) is 18.2. The smallest absolute Gasteiger partial charge is 0.256 e. The van der Waals surface area contributed by atoms with Gasteiger partial charge in [0, 0.05) is 18.2 Å². The van der Waals surface area contributed by atoms with Gasteiger partial charge >= 0.3 is 0 Å². The third kappa shape index (κ3) is 3.64. The Hall–Kier alpha value is -2.19. The van der Waals surface area contributed by atoms with Crippen LogP contribution in [-0.4, -0.2) is 60.8 Å². The Bertz CT molecular complexity index is 726. The summed E-state index contributed by atoms with van der Waals surface area (Å²) >= 11 is 0.